The first-order chi connectivity index (χ1) is 8.78. The molecule has 3 heterocycles. The lowest BCUT2D eigenvalue weighted by Gasteiger charge is -2.03. The Morgan fingerprint density at radius 3 is 2.94 bits per heavy atom. The highest BCUT2D eigenvalue weighted by molar-refractivity contribution is 6.29. The van der Waals surface area contributed by atoms with Gasteiger partial charge >= 0.3 is 0 Å². The molecule has 0 unspecified atom stereocenters. The van der Waals surface area contributed by atoms with E-state index in [1.165, 1.54) is 0 Å². The highest BCUT2D eigenvalue weighted by Gasteiger charge is 2.08. The molecule has 3 aromatic rings. The Labute approximate surface area is 108 Å². The van der Waals surface area contributed by atoms with Gasteiger partial charge in [0.05, 0.1) is 19.0 Å². The molecule has 0 saturated heterocycles. The van der Waals surface area contributed by atoms with Crippen LogP contribution in [0.2, 0.25) is 5.15 Å². The zero-order valence-electron chi connectivity index (χ0n) is 9.54. The van der Waals surface area contributed by atoms with E-state index in [-0.39, 0.29) is 0 Å². The predicted molar refractivity (Wildman–Crippen MR) is 67.8 cm³/mol. The molecule has 0 aliphatic heterocycles. The average molecular weight is 261 g/mol. The monoisotopic (exact) mass is 260 g/mol. The maximum Gasteiger partial charge on any atom is 0.213 e. The molecule has 0 aromatic carbocycles. The van der Waals surface area contributed by atoms with Crippen LogP contribution >= 0.6 is 11.6 Å². The summed E-state index contributed by atoms with van der Waals surface area (Å²) in [5.41, 5.74) is 2.50. The van der Waals surface area contributed by atoms with Gasteiger partial charge in [-0.3, -0.25) is 0 Å². The second kappa shape index (κ2) is 4.27. The zero-order valence-corrected chi connectivity index (χ0v) is 10.3. The van der Waals surface area contributed by atoms with Gasteiger partial charge in [-0.15, -0.1) is 0 Å². The molecule has 0 aliphatic rings. The second-order valence-corrected chi connectivity index (χ2v) is 4.04. The van der Waals surface area contributed by atoms with E-state index in [9.17, 15) is 0 Å². The Morgan fingerprint density at radius 2 is 2.11 bits per heavy atom. The van der Waals surface area contributed by atoms with Crippen molar-refractivity contribution in [2.24, 2.45) is 0 Å². The summed E-state index contributed by atoms with van der Waals surface area (Å²) < 4.78 is 6.79. The highest BCUT2D eigenvalue weighted by atomic mass is 35.5. The second-order valence-electron chi connectivity index (χ2n) is 3.66. The topological polar surface area (TPSA) is 52.3 Å². The Morgan fingerprint density at radius 1 is 1.22 bits per heavy atom. The van der Waals surface area contributed by atoms with Gasteiger partial charge in [0, 0.05) is 17.8 Å². The van der Waals surface area contributed by atoms with Crippen molar-refractivity contribution < 1.29 is 4.74 Å². The van der Waals surface area contributed by atoms with Crippen molar-refractivity contribution in [1.29, 1.82) is 0 Å². The third kappa shape index (κ3) is 1.78. The highest BCUT2D eigenvalue weighted by Crippen LogP contribution is 2.23. The van der Waals surface area contributed by atoms with E-state index >= 15 is 0 Å². The Balaban J connectivity index is 2.21. The van der Waals surface area contributed by atoms with Crippen LogP contribution in [0.1, 0.15) is 0 Å². The first kappa shape index (κ1) is 11.0. The fourth-order valence-electron chi connectivity index (χ4n) is 1.73. The normalized spacial score (nSPS) is 10.8. The van der Waals surface area contributed by atoms with Gasteiger partial charge in [0.2, 0.25) is 5.88 Å². The van der Waals surface area contributed by atoms with E-state index in [1.54, 1.807) is 30.1 Å². The number of hydrogen-bond donors (Lipinski definition) is 0. The molecule has 6 heteroatoms. The van der Waals surface area contributed by atoms with E-state index in [4.69, 9.17) is 16.3 Å². The molecule has 0 radical (unpaired) electrons. The summed E-state index contributed by atoms with van der Waals surface area (Å²) in [5, 5.41) is 4.65. The number of aromatic nitrogens is 4. The summed E-state index contributed by atoms with van der Waals surface area (Å²) in [5.74, 6) is 0.546. The predicted octanol–water partition coefficient (Wildman–Crippen LogP) is 2.45. The lowest BCUT2D eigenvalue weighted by atomic mass is 10.2. The summed E-state index contributed by atoms with van der Waals surface area (Å²) in [6.45, 7) is 0. The Hall–Kier alpha value is -2.14. The number of pyridine rings is 1. The molecule has 0 aliphatic carbocycles. The fraction of sp³-hybridized carbons (Fsp3) is 0.0833. The van der Waals surface area contributed by atoms with Crippen molar-refractivity contribution in [3.05, 3.63) is 41.8 Å². The summed E-state index contributed by atoms with van der Waals surface area (Å²) in [7, 11) is 1.58. The summed E-state index contributed by atoms with van der Waals surface area (Å²) in [6, 6.07) is 7.22. The number of nitrogens with zero attached hydrogens (tertiary/aromatic N) is 4. The number of ether oxygens (including phenoxy) is 1. The minimum absolute atomic E-state index is 0.419. The first-order valence-electron chi connectivity index (χ1n) is 5.28. The maximum absolute atomic E-state index is 5.90. The van der Waals surface area contributed by atoms with E-state index in [0.717, 1.165) is 16.9 Å². The van der Waals surface area contributed by atoms with Crippen molar-refractivity contribution in [1.82, 2.24) is 19.6 Å². The van der Waals surface area contributed by atoms with E-state index in [1.807, 2.05) is 18.2 Å². The van der Waals surface area contributed by atoms with Crippen LogP contribution < -0.4 is 4.74 Å². The molecule has 3 aromatic heterocycles. The number of methoxy groups -OCH3 is 1. The maximum atomic E-state index is 5.90. The van der Waals surface area contributed by atoms with Crippen LogP contribution in [0.15, 0.2) is 36.7 Å². The van der Waals surface area contributed by atoms with Crippen LogP contribution in [0.5, 0.6) is 5.88 Å². The smallest absolute Gasteiger partial charge is 0.213 e. The summed E-state index contributed by atoms with van der Waals surface area (Å²) in [4.78, 5) is 8.34. The van der Waals surface area contributed by atoms with Gasteiger partial charge in [0.15, 0.2) is 5.65 Å². The Bertz CT molecular complexity index is 710. The minimum atomic E-state index is 0.419. The van der Waals surface area contributed by atoms with Crippen LogP contribution in [0.4, 0.5) is 0 Å². The molecule has 0 saturated carbocycles. The van der Waals surface area contributed by atoms with Crippen LogP contribution in [-0.2, 0) is 0 Å². The summed E-state index contributed by atoms with van der Waals surface area (Å²) in [6.07, 6.45) is 3.42. The van der Waals surface area contributed by atoms with Gasteiger partial charge in [-0.1, -0.05) is 11.6 Å². The van der Waals surface area contributed by atoms with Gasteiger partial charge in [0.25, 0.3) is 0 Å². The third-order valence-electron chi connectivity index (χ3n) is 2.57. The number of imidazole rings is 1. The number of halogens is 1. The van der Waals surface area contributed by atoms with Crippen molar-refractivity contribution >= 4 is 17.2 Å². The van der Waals surface area contributed by atoms with Gasteiger partial charge in [-0.2, -0.15) is 5.10 Å². The zero-order chi connectivity index (χ0) is 12.5. The summed E-state index contributed by atoms with van der Waals surface area (Å²) >= 11 is 5.90. The molecule has 0 bridgehead atoms. The van der Waals surface area contributed by atoms with Gasteiger partial charge in [-0.05, 0) is 18.2 Å². The standard InChI is InChI=1S/C12H9ClN4O/c1-18-12-6-8(4-5-14-12)9-7-15-11-3-2-10(13)16-17(9)11/h2-7H,1H3. The molecular formula is C12H9ClN4O. The lowest BCUT2D eigenvalue weighted by molar-refractivity contribution is 0.398. The van der Waals surface area contributed by atoms with Crippen molar-refractivity contribution in [2.45, 2.75) is 0 Å². The number of rotatable bonds is 2. The van der Waals surface area contributed by atoms with Crippen LogP contribution in [0.3, 0.4) is 0 Å². The molecule has 0 spiro atoms. The molecule has 5 nitrogen and oxygen atoms in total. The molecule has 0 atom stereocenters. The third-order valence-corrected chi connectivity index (χ3v) is 2.77. The molecule has 0 fully saturated rings. The Kier molecular flexibility index (Phi) is 2.60. The fourth-order valence-corrected chi connectivity index (χ4v) is 1.87. The largest absolute Gasteiger partial charge is 0.481 e. The van der Waals surface area contributed by atoms with Crippen LogP contribution in [0.25, 0.3) is 16.9 Å². The van der Waals surface area contributed by atoms with E-state index in [2.05, 4.69) is 15.1 Å². The first-order valence-corrected chi connectivity index (χ1v) is 5.66. The molecule has 18 heavy (non-hydrogen) atoms. The van der Waals surface area contributed by atoms with Crippen molar-refractivity contribution in [2.75, 3.05) is 7.11 Å². The number of hydrogen-bond acceptors (Lipinski definition) is 4. The van der Waals surface area contributed by atoms with E-state index in [0.29, 0.717) is 11.0 Å². The lowest BCUT2D eigenvalue weighted by Crippen LogP contribution is -1.95. The van der Waals surface area contributed by atoms with Crippen molar-refractivity contribution in [3.8, 4) is 17.1 Å². The molecule has 0 amide bonds. The average Bonchev–Trinajstić information content (AvgIpc) is 2.81. The number of fused-ring (bicyclic) bond motifs is 1. The van der Waals surface area contributed by atoms with Gasteiger partial charge < -0.3 is 4.74 Å². The molecule has 0 N–H and O–H groups in total. The van der Waals surface area contributed by atoms with Gasteiger partial charge in [0.1, 0.15) is 5.15 Å². The molecular weight excluding hydrogens is 252 g/mol. The minimum Gasteiger partial charge on any atom is -0.481 e. The quantitative estimate of drug-likeness (QED) is 0.710. The molecule has 3 rings (SSSR count). The molecule has 90 valence electrons. The van der Waals surface area contributed by atoms with Crippen LogP contribution in [-0.4, -0.2) is 26.7 Å². The van der Waals surface area contributed by atoms with Gasteiger partial charge in [-0.25, -0.2) is 14.5 Å². The SMILES string of the molecule is COc1cc(-c2cnc3ccc(Cl)nn23)ccn1. The van der Waals surface area contributed by atoms with Crippen LogP contribution in [0, 0.1) is 0 Å². The van der Waals surface area contributed by atoms with E-state index < -0.39 is 0 Å². The van der Waals surface area contributed by atoms with Crippen molar-refractivity contribution in [3.63, 3.8) is 0 Å².